The highest BCUT2D eigenvalue weighted by Crippen LogP contribution is 2.21. The molecule has 0 saturated heterocycles. The lowest BCUT2D eigenvalue weighted by Crippen LogP contribution is -2.00. The van der Waals surface area contributed by atoms with E-state index < -0.39 is 0 Å². The number of anilines is 1. The lowest BCUT2D eigenvalue weighted by molar-refractivity contribution is 1.05. The van der Waals surface area contributed by atoms with E-state index in [-0.39, 0.29) is 0 Å². The summed E-state index contributed by atoms with van der Waals surface area (Å²) in [5.41, 5.74) is 4.61. The average Bonchev–Trinajstić information content (AvgIpc) is 2.55. The van der Waals surface area contributed by atoms with Gasteiger partial charge >= 0.3 is 0 Å². The van der Waals surface area contributed by atoms with Crippen LogP contribution in [0.15, 0.2) is 73.3 Å². The van der Waals surface area contributed by atoms with E-state index in [0.29, 0.717) is 0 Å². The quantitative estimate of drug-likeness (QED) is 0.777. The Kier molecular flexibility index (Phi) is 3.69. The number of rotatable bonds is 4. The van der Waals surface area contributed by atoms with Crippen LogP contribution >= 0.6 is 0 Å². The summed E-state index contributed by atoms with van der Waals surface area (Å²) >= 11 is 0. The van der Waals surface area contributed by atoms with Crippen LogP contribution < -0.4 is 5.32 Å². The summed E-state index contributed by atoms with van der Waals surface area (Å²) in [7, 11) is 0. The molecule has 0 bridgehead atoms. The molecule has 98 valence electrons. The van der Waals surface area contributed by atoms with E-state index in [4.69, 9.17) is 0 Å². The van der Waals surface area contributed by atoms with Gasteiger partial charge in [-0.2, -0.15) is 0 Å². The third-order valence-electron chi connectivity index (χ3n) is 3.10. The summed E-state index contributed by atoms with van der Waals surface area (Å²) in [5, 5.41) is 3.36. The standard InChI is InChI=1S/C17H15N3/c1-2-4-15(5-3-1)16-6-8-17(9-7-16)20-12-14-10-18-13-19-11-14/h1-11,13,20H,12H2. The average molecular weight is 261 g/mol. The molecule has 0 saturated carbocycles. The van der Waals surface area contributed by atoms with Crippen LogP contribution in [0.1, 0.15) is 5.56 Å². The lowest BCUT2D eigenvalue weighted by atomic mass is 10.1. The van der Waals surface area contributed by atoms with E-state index >= 15 is 0 Å². The molecule has 2 aromatic carbocycles. The number of nitrogens with zero attached hydrogens (tertiary/aromatic N) is 2. The van der Waals surface area contributed by atoms with Crippen LogP contribution in [0, 0.1) is 0 Å². The Morgan fingerprint density at radius 2 is 1.40 bits per heavy atom. The second-order valence-electron chi connectivity index (χ2n) is 4.54. The molecule has 0 unspecified atom stereocenters. The van der Waals surface area contributed by atoms with E-state index in [1.54, 1.807) is 0 Å². The van der Waals surface area contributed by atoms with Crippen LogP contribution in [-0.2, 0) is 6.54 Å². The zero-order chi connectivity index (χ0) is 13.6. The Labute approximate surface area is 118 Å². The van der Waals surface area contributed by atoms with Crippen molar-refractivity contribution < 1.29 is 0 Å². The maximum atomic E-state index is 4.00. The molecule has 0 spiro atoms. The minimum Gasteiger partial charge on any atom is -0.381 e. The molecule has 1 N–H and O–H groups in total. The van der Waals surface area contributed by atoms with Crippen molar-refractivity contribution in [1.29, 1.82) is 0 Å². The summed E-state index contributed by atoms with van der Waals surface area (Å²) in [6, 6.07) is 18.8. The van der Waals surface area contributed by atoms with Crippen molar-refractivity contribution in [2.45, 2.75) is 6.54 Å². The van der Waals surface area contributed by atoms with Gasteiger partial charge in [-0.15, -0.1) is 0 Å². The predicted molar refractivity (Wildman–Crippen MR) is 81.2 cm³/mol. The van der Waals surface area contributed by atoms with E-state index in [1.165, 1.54) is 17.5 Å². The Morgan fingerprint density at radius 1 is 0.750 bits per heavy atom. The third kappa shape index (κ3) is 3.01. The number of hydrogen-bond acceptors (Lipinski definition) is 3. The lowest BCUT2D eigenvalue weighted by Gasteiger charge is -2.07. The molecule has 3 aromatic rings. The Bertz CT molecular complexity index is 649. The Morgan fingerprint density at radius 3 is 2.10 bits per heavy atom. The van der Waals surface area contributed by atoms with E-state index in [0.717, 1.165) is 17.8 Å². The highest BCUT2D eigenvalue weighted by atomic mass is 14.9. The van der Waals surface area contributed by atoms with Crippen LogP contribution in [0.4, 0.5) is 5.69 Å². The summed E-state index contributed by atoms with van der Waals surface area (Å²) < 4.78 is 0. The van der Waals surface area contributed by atoms with Gasteiger partial charge in [0.25, 0.3) is 0 Å². The molecular formula is C17H15N3. The molecule has 3 rings (SSSR count). The van der Waals surface area contributed by atoms with Crippen LogP contribution in [0.3, 0.4) is 0 Å². The summed E-state index contributed by atoms with van der Waals surface area (Å²) in [6.45, 7) is 0.728. The second-order valence-corrected chi connectivity index (χ2v) is 4.54. The van der Waals surface area contributed by atoms with Crippen LogP contribution in [0.2, 0.25) is 0 Å². The summed E-state index contributed by atoms with van der Waals surface area (Å²) in [5.74, 6) is 0. The van der Waals surface area contributed by atoms with Gasteiger partial charge in [0.05, 0.1) is 0 Å². The molecule has 0 aliphatic rings. The van der Waals surface area contributed by atoms with E-state index in [9.17, 15) is 0 Å². The molecule has 3 heteroatoms. The highest BCUT2D eigenvalue weighted by molar-refractivity contribution is 5.65. The van der Waals surface area contributed by atoms with Gasteiger partial charge in [-0.1, -0.05) is 42.5 Å². The molecule has 1 aromatic heterocycles. The number of aromatic nitrogens is 2. The van der Waals surface area contributed by atoms with E-state index in [2.05, 4.69) is 63.8 Å². The normalized spacial score (nSPS) is 10.2. The SMILES string of the molecule is c1ccc(-c2ccc(NCc3cncnc3)cc2)cc1. The first-order valence-corrected chi connectivity index (χ1v) is 6.55. The van der Waals surface area contributed by atoms with Crippen molar-refractivity contribution in [1.82, 2.24) is 9.97 Å². The molecule has 3 nitrogen and oxygen atoms in total. The zero-order valence-corrected chi connectivity index (χ0v) is 11.0. The van der Waals surface area contributed by atoms with Gasteiger partial charge in [0.1, 0.15) is 6.33 Å². The largest absolute Gasteiger partial charge is 0.381 e. The molecule has 0 amide bonds. The highest BCUT2D eigenvalue weighted by Gasteiger charge is 1.98. The third-order valence-corrected chi connectivity index (χ3v) is 3.10. The van der Waals surface area contributed by atoms with Crippen LogP contribution in [-0.4, -0.2) is 9.97 Å². The van der Waals surface area contributed by atoms with Gasteiger partial charge in [0.2, 0.25) is 0 Å². The smallest absolute Gasteiger partial charge is 0.115 e. The fourth-order valence-electron chi connectivity index (χ4n) is 2.04. The van der Waals surface area contributed by atoms with Crippen molar-refractivity contribution in [2.24, 2.45) is 0 Å². The first kappa shape index (κ1) is 12.4. The van der Waals surface area contributed by atoms with Gasteiger partial charge in [-0.05, 0) is 23.3 Å². The maximum Gasteiger partial charge on any atom is 0.115 e. The van der Waals surface area contributed by atoms with Crippen LogP contribution in [0.5, 0.6) is 0 Å². The van der Waals surface area contributed by atoms with Gasteiger partial charge in [-0.3, -0.25) is 0 Å². The predicted octanol–water partition coefficient (Wildman–Crippen LogP) is 3.76. The second kappa shape index (κ2) is 5.97. The number of benzene rings is 2. The van der Waals surface area contributed by atoms with Gasteiger partial charge < -0.3 is 5.32 Å². The van der Waals surface area contributed by atoms with Crippen molar-refractivity contribution in [2.75, 3.05) is 5.32 Å². The molecule has 20 heavy (non-hydrogen) atoms. The van der Waals surface area contributed by atoms with Gasteiger partial charge in [0.15, 0.2) is 0 Å². The number of nitrogens with one attached hydrogen (secondary N) is 1. The minimum atomic E-state index is 0.728. The molecular weight excluding hydrogens is 246 g/mol. The van der Waals surface area contributed by atoms with Gasteiger partial charge in [-0.25, -0.2) is 9.97 Å². The van der Waals surface area contributed by atoms with Crippen molar-refractivity contribution in [3.05, 3.63) is 78.9 Å². The van der Waals surface area contributed by atoms with Crippen molar-refractivity contribution in [3.8, 4) is 11.1 Å². The topological polar surface area (TPSA) is 37.8 Å². The molecule has 1 heterocycles. The zero-order valence-electron chi connectivity index (χ0n) is 11.0. The molecule has 0 aliphatic carbocycles. The Hall–Kier alpha value is -2.68. The first-order chi connectivity index (χ1) is 9.92. The summed E-state index contributed by atoms with van der Waals surface area (Å²) in [6.07, 6.45) is 5.18. The minimum absolute atomic E-state index is 0.728. The van der Waals surface area contributed by atoms with E-state index in [1.807, 2.05) is 18.5 Å². The monoisotopic (exact) mass is 261 g/mol. The molecule has 0 atom stereocenters. The molecule has 0 fully saturated rings. The number of hydrogen-bond donors (Lipinski definition) is 1. The fraction of sp³-hybridized carbons (Fsp3) is 0.0588. The van der Waals surface area contributed by atoms with Crippen molar-refractivity contribution in [3.63, 3.8) is 0 Å². The summed E-state index contributed by atoms with van der Waals surface area (Å²) in [4.78, 5) is 8.00. The Balaban J connectivity index is 1.68. The van der Waals surface area contributed by atoms with Gasteiger partial charge in [0, 0.05) is 30.2 Å². The van der Waals surface area contributed by atoms with Crippen molar-refractivity contribution >= 4 is 5.69 Å². The first-order valence-electron chi connectivity index (χ1n) is 6.55. The maximum absolute atomic E-state index is 4.00. The molecule has 0 aliphatic heterocycles. The van der Waals surface area contributed by atoms with Crippen LogP contribution in [0.25, 0.3) is 11.1 Å². The molecule has 0 radical (unpaired) electrons. The fourth-order valence-corrected chi connectivity index (χ4v) is 2.04.